The second-order valence-corrected chi connectivity index (χ2v) is 5.10. The van der Waals surface area contributed by atoms with Crippen molar-refractivity contribution in [1.29, 1.82) is 0 Å². The highest BCUT2D eigenvalue weighted by atomic mass is 35.5. The normalized spacial score (nSPS) is 12.2. The lowest BCUT2D eigenvalue weighted by molar-refractivity contribution is -0.383. The molecule has 0 saturated carbocycles. The number of anilines is 1. The first-order valence-corrected chi connectivity index (χ1v) is 7.14. The van der Waals surface area contributed by atoms with E-state index in [1.54, 1.807) is 12.1 Å². The standard InChI is InChI=1S/C14H21ClN2O2/c1-3-5-7-11(4-2)10-16-14-12(15)8-6-9-13(14)17(18)19/h6,8-9,11,16H,3-5,7,10H2,1-2H3. The van der Waals surface area contributed by atoms with Gasteiger partial charge in [-0.2, -0.15) is 0 Å². The Morgan fingerprint density at radius 2 is 2.16 bits per heavy atom. The molecule has 1 aromatic carbocycles. The fourth-order valence-corrected chi connectivity index (χ4v) is 2.27. The van der Waals surface area contributed by atoms with Crippen molar-refractivity contribution in [1.82, 2.24) is 0 Å². The second-order valence-electron chi connectivity index (χ2n) is 4.69. The number of hydrogen-bond acceptors (Lipinski definition) is 3. The van der Waals surface area contributed by atoms with Gasteiger partial charge >= 0.3 is 0 Å². The summed E-state index contributed by atoms with van der Waals surface area (Å²) in [5, 5.41) is 14.5. The third-order valence-electron chi connectivity index (χ3n) is 3.30. The number of hydrogen-bond donors (Lipinski definition) is 1. The van der Waals surface area contributed by atoms with Crippen LogP contribution in [0.3, 0.4) is 0 Å². The van der Waals surface area contributed by atoms with Gasteiger partial charge in [-0.05, 0) is 18.4 Å². The number of nitrogens with one attached hydrogen (secondary N) is 1. The molecule has 0 saturated heterocycles. The summed E-state index contributed by atoms with van der Waals surface area (Å²) < 4.78 is 0. The molecule has 1 N–H and O–H groups in total. The van der Waals surface area contributed by atoms with Gasteiger partial charge in [0.2, 0.25) is 0 Å². The minimum Gasteiger partial charge on any atom is -0.378 e. The molecule has 0 aliphatic carbocycles. The van der Waals surface area contributed by atoms with Crippen molar-refractivity contribution < 1.29 is 4.92 Å². The third kappa shape index (κ3) is 4.71. The van der Waals surface area contributed by atoms with Gasteiger partial charge < -0.3 is 5.32 Å². The molecular weight excluding hydrogens is 264 g/mol. The van der Waals surface area contributed by atoms with E-state index in [1.807, 2.05) is 0 Å². The lowest BCUT2D eigenvalue weighted by Gasteiger charge is -2.16. The highest BCUT2D eigenvalue weighted by Gasteiger charge is 2.17. The fraction of sp³-hybridized carbons (Fsp3) is 0.571. The third-order valence-corrected chi connectivity index (χ3v) is 3.61. The molecule has 0 aromatic heterocycles. The molecule has 0 fully saturated rings. The van der Waals surface area contributed by atoms with Crippen LogP contribution in [0.25, 0.3) is 0 Å². The Morgan fingerprint density at radius 1 is 1.42 bits per heavy atom. The summed E-state index contributed by atoms with van der Waals surface area (Å²) in [5.41, 5.74) is 0.474. The van der Waals surface area contributed by atoms with Crippen LogP contribution in [0, 0.1) is 16.0 Å². The molecule has 0 bridgehead atoms. The Hall–Kier alpha value is -1.29. The molecule has 1 atom stereocenters. The first-order chi connectivity index (χ1) is 9.10. The van der Waals surface area contributed by atoms with Crippen molar-refractivity contribution in [3.05, 3.63) is 33.3 Å². The summed E-state index contributed by atoms with van der Waals surface area (Å²) in [6, 6.07) is 4.74. The van der Waals surface area contributed by atoms with Gasteiger partial charge in [0.25, 0.3) is 5.69 Å². The Balaban J connectivity index is 2.73. The lowest BCUT2D eigenvalue weighted by atomic mass is 9.99. The van der Waals surface area contributed by atoms with Gasteiger partial charge in [0.15, 0.2) is 0 Å². The summed E-state index contributed by atoms with van der Waals surface area (Å²) in [5.74, 6) is 0.524. The highest BCUT2D eigenvalue weighted by Crippen LogP contribution is 2.32. The highest BCUT2D eigenvalue weighted by molar-refractivity contribution is 6.33. The van der Waals surface area contributed by atoms with E-state index in [0.717, 1.165) is 19.4 Å². The predicted octanol–water partition coefficient (Wildman–Crippen LogP) is 4.88. The van der Waals surface area contributed by atoms with E-state index in [9.17, 15) is 10.1 Å². The smallest absolute Gasteiger partial charge is 0.293 e. The molecule has 106 valence electrons. The summed E-state index contributed by atoms with van der Waals surface area (Å²) in [4.78, 5) is 10.6. The zero-order chi connectivity index (χ0) is 14.3. The SMILES string of the molecule is CCCCC(CC)CNc1c(Cl)cccc1[N+](=O)[O-]. The van der Waals surface area contributed by atoms with Crippen LogP contribution in [0.15, 0.2) is 18.2 Å². The first kappa shape index (κ1) is 15.8. The summed E-state index contributed by atoms with van der Waals surface area (Å²) >= 11 is 6.04. The van der Waals surface area contributed by atoms with E-state index in [4.69, 9.17) is 11.6 Å². The van der Waals surface area contributed by atoms with Gasteiger partial charge in [-0.15, -0.1) is 0 Å². The fourth-order valence-electron chi connectivity index (χ4n) is 2.03. The molecule has 5 heteroatoms. The molecule has 1 rings (SSSR count). The minimum atomic E-state index is -0.402. The molecule has 0 radical (unpaired) electrons. The van der Waals surface area contributed by atoms with E-state index in [0.29, 0.717) is 16.6 Å². The van der Waals surface area contributed by atoms with Gasteiger partial charge in [0, 0.05) is 12.6 Å². The molecule has 19 heavy (non-hydrogen) atoms. The molecule has 0 amide bonds. The zero-order valence-electron chi connectivity index (χ0n) is 11.5. The number of para-hydroxylation sites is 1. The van der Waals surface area contributed by atoms with Crippen LogP contribution in [-0.2, 0) is 0 Å². The lowest BCUT2D eigenvalue weighted by Crippen LogP contribution is -2.14. The number of nitro benzene ring substituents is 1. The number of nitro groups is 1. The molecule has 0 aliphatic rings. The van der Waals surface area contributed by atoms with E-state index in [2.05, 4.69) is 19.2 Å². The minimum absolute atomic E-state index is 0.0397. The maximum atomic E-state index is 11.0. The van der Waals surface area contributed by atoms with E-state index >= 15 is 0 Å². The van der Waals surface area contributed by atoms with Gasteiger partial charge in [-0.25, -0.2) is 0 Å². The molecule has 0 heterocycles. The van der Waals surface area contributed by atoms with Gasteiger partial charge in [-0.3, -0.25) is 10.1 Å². The van der Waals surface area contributed by atoms with Crippen molar-refractivity contribution in [3.63, 3.8) is 0 Å². The van der Waals surface area contributed by atoms with Crippen molar-refractivity contribution in [2.45, 2.75) is 39.5 Å². The summed E-state index contributed by atoms with van der Waals surface area (Å²) in [6.07, 6.45) is 4.55. The molecule has 4 nitrogen and oxygen atoms in total. The van der Waals surface area contributed by atoms with Crippen LogP contribution in [0.5, 0.6) is 0 Å². The molecule has 1 unspecified atom stereocenters. The number of rotatable bonds is 8. The average Bonchev–Trinajstić information content (AvgIpc) is 2.40. The van der Waals surface area contributed by atoms with Crippen molar-refractivity contribution in [2.24, 2.45) is 5.92 Å². The molecule has 0 spiro atoms. The Bertz CT molecular complexity index is 424. The predicted molar refractivity (Wildman–Crippen MR) is 79.9 cm³/mol. The van der Waals surface area contributed by atoms with Crippen LogP contribution in [0.4, 0.5) is 11.4 Å². The number of unbranched alkanes of at least 4 members (excludes halogenated alkanes) is 1. The maximum absolute atomic E-state index is 11.0. The zero-order valence-corrected chi connectivity index (χ0v) is 12.2. The van der Waals surface area contributed by atoms with Gasteiger partial charge in [-0.1, -0.05) is 50.8 Å². The van der Waals surface area contributed by atoms with Gasteiger partial charge in [0.1, 0.15) is 5.69 Å². The Kier molecular flexibility index (Phi) is 6.64. The van der Waals surface area contributed by atoms with Crippen molar-refractivity contribution in [2.75, 3.05) is 11.9 Å². The van der Waals surface area contributed by atoms with E-state index in [1.165, 1.54) is 18.9 Å². The number of nitrogens with zero attached hydrogens (tertiary/aromatic N) is 1. The molecule has 0 aliphatic heterocycles. The van der Waals surface area contributed by atoms with Crippen LogP contribution < -0.4 is 5.32 Å². The molecule has 1 aromatic rings. The monoisotopic (exact) mass is 284 g/mol. The van der Waals surface area contributed by atoms with Crippen LogP contribution in [0.2, 0.25) is 5.02 Å². The maximum Gasteiger partial charge on any atom is 0.293 e. The largest absolute Gasteiger partial charge is 0.378 e. The molecular formula is C14H21ClN2O2. The van der Waals surface area contributed by atoms with Crippen LogP contribution in [0.1, 0.15) is 39.5 Å². The summed E-state index contributed by atoms with van der Waals surface area (Å²) in [7, 11) is 0. The first-order valence-electron chi connectivity index (χ1n) is 6.76. The van der Waals surface area contributed by atoms with E-state index in [-0.39, 0.29) is 5.69 Å². The second kappa shape index (κ2) is 8.00. The van der Waals surface area contributed by atoms with Crippen LogP contribution in [-0.4, -0.2) is 11.5 Å². The van der Waals surface area contributed by atoms with Crippen molar-refractivity contribution >= 4 is 23.0 Å². The number of halogens is 1. The summed E-state index contributed by atoms with van der Waals surface area (Å²) in [6.45, 7) is 5.03. The topological polar surface area (TPSA) is 55.2 Å². The quantitative estimate of drug-likeness (QED) is 0.547. The van der Waals surface area contributed by atoms with E-state index < -0.39 is 4.92 Å². The average molecular weight is 285 g/mol. The Labute approximate surface area is 119 Å². The van der Waals surface area contributed by atoms with Crippen molar-refractivity contribution in [3.8, 4) is 0 Å². The van der Waals surface area contributed by atoms with Gasteiger partial charge in [0.05, 0.1) is 9.95 Å². The number of benzene rings is 1. The Morgan fingerprint density at radius 3 is 2.74 bits per heavy atom. The van der Waals surface area contributed by atoms with Crippen LogP contribution >= 0.6 is 11.6 Å².